The lowest BCUT2D eigenvalue weighted by Crippen LogP contribution is -2.55. The summed E-state index contributed by atoms with van der Waals surface area (Å²) in [5.74, 6) is 2.08. The van der Waals surface area contributed by atoms with Gasteiger partial charge in [0.15, 0.2) is 11.5 Å². The second-order valence-electron chi connectivity index (χ2n) is 9.95. The van der Waals surface area contributed by atoms with Gasteiger partial charge in [0.1, 0.15) is 29.2 Å². The zero-order valence-corrected chi connectivity index (χ0v) is 21.3. The number of epoxide rings is 2. The number of benzene rings is 1. The molecule has 34 heavy (non-hydrogen) atoms. The Morgan fingerprint density at radius 1 is 1.18 bits per heavy atom. The van der Waals surface area contributed by atoms with Crippen molar-refractivity contribution in [3.05, 3.63) is 53.8 Å². The van der Waals surface area contributed by atoms with Crippen LogP contribution in [0.1, 0.15) is 45.6 Å². The third-order valence-electron chi connectivity index (χ3n) is 7.41. The molecule has 1 spiro atoms. The molecule has 1 saturated carbocycles. The Bertz CT molecular complexity index is 958. The van der Waals surface area contributed by atoms with E-state index in [9.17, 15) is 0 Å². The fraction of sp³-hybridized carbons (Fsp3) is 0.571. The Hall–Kier alpha value is -2.28. The van der Waals surface area contributed by atoms with Gasteiger partial charge in [0, 0.05) is 7.11 Å². The molecule has 0 amide bonds. The lowest BCUT2D eigenvalue weighted by atomic mass is 9.68. The highest BCUT2D eigenvalue weighted by Gasteiger charge is 2.72. The van der Waals surface area contributed by atoms with Crippen LogP contribution < -0.4 is 9.47 Å². The largest absolute Gasteiger partial charge is 0.493 e. The van der Waals surface area contributed by atoms with E-state index >= 15 is 0 Å². The molecule has 1 aromatic rings. The van der Waals surface area contributed by atoms with Gasteiger partial charge in [0.2, 0.25) is 0 Å². The van der Waals surface area contributed by atoms with Crippen molar-refractivity contribution in [2.24, 2.45) is 5.92 Å². The van der Waals surface area contributed by atoms with Crippen LogP contribution in [0.2, 0.25) is 0 Å². The summed E-state index contributed by atoms with van der Waals surface area (Å²) in [6.07, 6.45) is 8.71. The third-order valence-corrected chi connectivity index (χ3v) is 7.41. The maximum absolute atomic E-state index is 6.34. The molecule has 1 unspecified atom stereocenters. The number of allylic oxidation sites excluding steroid dienone is 2. The van der Waals surface area contributed by atoms with Crippen molar-refractivity contribution in [3.8, 4) is 11.5 Å². The van der Waals surface area contributed by atoms with Crippen molar-refractivity contribution in [2.75, 3.05) is 27.9 Å². The first-order valence-corrected chi connectivity index (χ1v) is 12.0. The van der Waals surface area contributed by atoms with Gasteiger partial charge in [0.25, 0.3) is 0 Å². The highest BCUT2D eigenvalue weighted by atomic mass is 16.6. The van der Waals surface area contributed by atoms with Gasteiger partial charge in [-0.05, 0) is 63.8 Å². The molecule has 0 N–H and O–H groups in total. The summed E-state index contributed by atoms with van der Waals surface area (Å²) in [5.41, 5.74) is 1.84. The summed E-state index contributed by atoms with van der Waals surface area (Å²) >= 11 is 0. The van der Waals surface area contributed by atoms with Crippen LogP contribution in [-0.2, 0) is 18.9 Å². The molecule has 3 fully saturated rings. The van der Waals surface area contributed by atoms with Gasteiger partial charge in [-0.1, -0.05) is 30.4 Å². The summed E-state index contributed by atoms with van der Waals surface area (Å²) in [4.78, 5) is 0. The first-order valence-electron chi connectivity index (χ1n) is 12.0. The summed E-state index contributed by atoms with van der Waals surface area (Å²) in [7, 11) is 5.01. The monoisotopic (exact) mass is 470 g/mol. The van der Waals surface area contributed by atoms with Crippen LogP contribution in [0, 0.1) is 5.92 Å². The summed E-state index contributed by atoms with van der Waals surface area (Å²) < 4.78 is 35.4. The van der Waals surface area contributed by atoms with E-state index in [0.29, 0.717) is 17.3 Å². The third kappa shape index (κ3) is 4.90. The quantitative estimate of drug-likeness (QED) is 0.200. The second kappa shape index (κ2) is 9.76. The minimum Gasteiger partial charge on any atom is -0.493 e. The van der Waals surface area contributed by atoms with Gasteiger partial charge in [-0.2, -0.15) is 0 Å². The van der Waals surface area contributed by atoms with Gasteiger partial charge in [-0.15, -0.1) is 0 Å². The summed E-state index contributed by atoms with van der Waals surface area (Å²) in [6.45, 7) is 11.3. The topological polar surface area (TPSA) is 62.0 Å². The lowest BCUT2D eigenvalue weighted by Gasteiger charge is -2.43. The number of methoxy groups -OCH3 is 3. The molecule has 6 heteroatoms. The van der Waals surface area contributed by atoms with E-state index in [-0.39, 0.29) is 35.4 Å². The maximum atomic E-state index is 6.34. The first-order chi connectivity index (χ1) is 16.3. The molecular formula is C28H38O6. The molecule has 2 heterocycles. The van der Waals surface area contributed by atoms with Crippen LogP contribution in [0.3, 0.4) is 0 Å². The molecule has 4 rings (SSSR count). The van der Waals surface area contributed by atoms with Crippen molar-refractivity contribution < 1.29 is 28.4 Å². The van der Waals surface area contributed by atoms with E-state index < -0.39 is 0 Å². The number of ether oxygens (including phenoxy) is 6. The maximum Gasteiger partial charge on any atom is 0.161 e. The van der Waals surface area contributed by atoms with E-state index in [0.717, 1.165) is 31.4 Å². The van der Waals surface area contributed by atoms with E-state index in [1.807, 2.05) is 30.4 Å². The fourth-order valence-electron chi connectivity index (χ4n) is 5.45. The highest BCUT2D eigenvalue weighted by Crippen LogP contribution is 2.59. The summed E-state index contributed by atoms with van der Waals surface area (Å²) in [5, 5.41) is 0. The molecule has 2 aliphatic heterocycles. The number of hydrogen-bond acceptors (Lipinski definition) is 6. The van der Waals surface area contributed by atoms with Crippen LogP contribution in [0.15, 0.2) is 48.3 Å². The molecule has 6 nitrogen and oxygen atoms in total. The van der Waals surface area contributed by atoms with Crippen LogP contribution in [-0.4, -0.2) is 57.5 Å². The van der Waals surface area contributed by atoms with Crippen molar-refractivity contribution >= 4 is 6.08 Å². The molecule has 2 saturated heterocycles. The van der Waals surface area contributed by atoms with E-state index in [2.05, 4.69) is 33.4 Å². The van der Waals surface area contributed by atoms with Gasteiger partial charge >= 0.3 is 0 Å². The fourth-order valence-corrected chi connectivity index (χ4v) is 5.45. The zero-order valence-electron chi connectivity index (χ0n) is 21.3. The SMILES string of the molecule is C=C(/C=C/c1ccc(OC)c(OC)c1)O[C@@H]1CC[C@]2(CO2)[C@@H](C2(C)O[C@H]2CC=C(C)C)[C@@H]1OC. The molecule has 0 radical (unpaired) electrons. The molecule has 186 valence electrons. The average molecular weight is 471 g/mol. The normalized spacial score (nSPS) is 34.1. The second-order valence-corrected chi connectivity index (χ2v) is 9.95. The van der Waals surface area contributed by atoms with Crippen LogP contribution in [0.25, 0.3) is 6.08 Å². The van der Waals surface area contributed by atoms with Crippen molar-refractivity contribution in [1.82, 2.24) is 0 Å². The average Bonchev–Trinajstić information content (AvgIpc) is 3.74. The highest BCUT2D eigenvalue weighted by molar-refractivity contribution is 5.57. The van der Waals surface area contributed by atoms with Gasteiger partial charge in [-0.25, -0.2) is 0 Å². The smallest absolute Gasteiger partial charge is 0.161 e. The van der Waals surface area contributed by atoms with E-state index in [1.54, 1.807) is 21.3 Å². The zero-order chi connectivity index (χ0) is 24.5. The molecule has 3 aliphatic rings. The van der Waals surface area contributed by atoms with E-state index in [1.165, 1.54) is 5.57 Å². The molecule has 0 bridgehead atoms. The Balaban J connectivity index is 1.45. The Morgan fingerprint density at radius 3 is 2.53 bits per heavy atom. The molecular weight excluding hydrogens is 432 g/mol. The number of rotatable bonds is 10. The van der Waals surface area contributed by atoms with Crippen molar-refractivity contribution in [2.45, 2.75) is 69.5 Å². The standard InChI is InChI=1S/C28H38O6/c1-18(2)8-13-24-27(4,34-24)26-25(31-7)22(14-15-28(26)17-32-28)33-19(3)9-10-20-11-12-21(29-5)23(16-20)30-6/h8-12,16,22,24-26H,3,13-15,17H2,1-2,4-7H3/b10-9+/t22-,24+,25-,26-,27?,28+/m1/s1. The predicted molar refractivity (Wildman–Crippen MR) is 132 cm³/mol. The Kier molecular flexibility index (Phi) is 7.13. The van der Waals surface area contributed by atoms with Crippen LogP contribution >= 0.6 is 0 Å². The summed E-state index contributed by atoms with van der Waals surface area (Å²) in [6, 6.07) is 5.76. The van der Waals surface area contributed by atoms with Crippen molar-refractivity contribution in [1.29, 1.82) is 0 Å². The van der Waals surface area contributed by atoms with Gasteiger partial charge < -0.3 is 28.4 Å². The molecule has 6 atom stereocenters. The van der Waals surface area contributed by atoms with E-state index in [4.69, 9.17) is 28.4 Å². The van der Waals surface area contributed by atoms with Crippen LogP contribution in [0.5, 0.6) is 11.5 Å². The minimum atomic E-state index is -0.276. The minimum absolute atomic E-state index is 0.113. The molecule has 0 aromatic heterocycles. The van der Waals surface area contributed by atoms with Crippen LogP contribution in [0.4, 0.5) is 0 Å². The van der Waals surface area contributed by atoms with Crippen molar-refractivity contribution in [3.63, 3.8) is 0 Å². The number of hydrogen-bond donors (Lipinski definition) is 0. The predicted octanol–water partition coefficient (Wildman–Crippen LogP) is 5.32. The lowest BCUT2D eigenvalue weighted by molar-refractivity contribution is -0.122. The van der Waals surface area contributed by atoms with Gasteiger partial charge in [0.05, 0.1) is 32.8 Å². The molecule has 1 aromatic carbocycles. The Labute approximate surface area is 203 Å². The molecule has 1 aliphatic carbocycles. The first kappa shape index (κ1) is 24.8. The Morgan fingerprint density at radius 2 is 1.91 bits per heavy atom. The van der Waals surface area contributed by atoms with Gasteiger partial charge in [-0.3, -0.25) is 0 Å².